The molecular formula is C12H17NO2. The molecule has 1 rings (SSSR count). The molecule has 1 aromatic rings. The summed E-state index contributed by atoms with van der Waals surface area (Å²) in [5.74, 6) is 1.13. The summed E-state index contributed by atoms with van der Waals surface area (Å²) < 4.78 is 5.02. The number of carbonyl (C=O) groups is 1. The Kier molecular flexibility index (Phi) is 4.31. The van der Waals surface area contributed by atoms with Crippen LogP contribution in [0, 0.1) is 5.92 Å². The average molecular weight is 207 g/mol. The fourth-order valence-corrected chi connectivity index (χ4v) is 1.29. The van der Waals surface area contributed by atoms with Crippen molar-refractivity contribution in [1.82, 2.24) is 0 Å². The van der Waals surface area contributed by atoms with E-state index in [1.165, 1.54) is 0 Å². The van der Waals surface area contributed by atoms with Crippen molar-refractivity contribution in [2.24, 2.45) is 11.7 Å². The van der Waals surface area contributed by atoms with Gasteiger partial charge in [-0.15, -0.1) is 0 Å². The van der Waals surface area contributed by atoms with Crippen molar-refractivity contribution in [3.05, 3.63) is 29.8 Å². The van der Waals surface area contributed by atoms with Crippen molar-refractivity contribution in [2.75, 3.05) is 13.7 Å². The third-order valence-corrected chi connectivity index (χ3v) is 2.35. The van der Waals surface area contributed by atoms with Crippen LogP contribution in [0.1, 0.15) is 23.7 Å². The molecule has 0 aliphatic carbocycles. The van der Waals surface area contributed by atoms with E-state index in [9.17, 15) is 4.79 Å². The van der Waals surface area contributed by atoms with Gasteiger partial charge in [-0.1, -0.05) is 6.92 Å². The summed E-state index contributed by atoms with van der Waals surface area (Å²) in [6, 6.07) is 7.15. The van der Waals surface area contributed by atoms with E-state index in [1.807, 2.05) is 6.92 Å². The number of ketones is 1. The molecule has 2 N–H and O–H groups in total. The van der Waals surface area contributed by atoms with Gasteiger partial charge in [0.2, 0.25) is 0 Å². The SMILES string of the molecule is COc1ccc(C(=O)CC(C)CN)cc1. The number of carbonyl (C=O) groups excluding carboxylic acids is 1. The topological polar surface area (TPSA) is 52.3 Å². The molecule has 0 spiro atoms. The normalized spacial score (nSPS) is 12.2. The lowest BCUT2D eigenvalue weighted by atomic mass is 10.00. The molecular weight excluding hydrogens is 190 g/mol. The maximum Gasteiger partial charge on any atom is 0.163 e. The molecule has 1 unspecified atom stereocenters. The van der Waals surface area contributed by atoms with E-state index in [0.29, 0.717) is 13.0 Å². The maximum atomic E-state index is 11.7. The van der Waals surface area contributed by atoms with E-state index < -0.39 is 0 Å². The fraction of sp³-hybridized carbons (Fsp3) is 0.417. The van der Waals surface area contributed by atoms with E-state index in [4.69, 9.17) is 10.5 Å². The van der Waals surface area contributed by atoms with Gasteiger partial charge >= 0.3 is 0 Å². The number of methoxy groups -OCH3 is 1. The van der Waals surface area contributed by atoms with Crippen LogP contribution in [-0.2, 0) is 0 Å². The number of Topliss-reactive ketones (excluding diaryl/α,β-unsaturated/α-hetero) is 1. The Bertz CT molecular complexity index is 319. The summed E-state index contributed by atoms with van der Waals surface area (Å²) in [5.41, 5.74) is 6.19. The second-order valence-electron chi connectivity index (χ2n) is 3.70. The van der Waals surface area contributed by atoms with E-state index in [2.05, 4.69) is 0 Å². The van der Waals surface area contributed by atoms with E-state index in [1.54, 1.807) is 31.4 Å². The highest BCUT2D eigenvalue weighted by atomic mass is 16.5. The van der Waals surface area contributed by atoms with Crippen molar-refractivity contribution in [3.8, 4) is 5.75 Å². The molecule has 0 bridgehead atoms. The van der Waals surface area contributed by atoms with Crippen molar-refractivity contribution < 1.29 is 9.53 Å². The summed E-state index contributed by atoms with van der Waals surface area (Å²) >= 11 is 0. The Balaban J connectivity index is 2.66. The molecule has 82 valence electrons. The number of hydrogen-bond acceptors (Lipinski definition) is 3. The Morgan fingerprint density at radius 3 is 2.47 bits per heavy atom. The zero-order valence-corrected chi connectivity index (χ0v) is 9.19. The molecule has 3 nitrogen and oxygen atoms in total. The lowest BCUT2D eigenvalue weighted by Crippen LogP contribution is -2.15. The molecule has 0 heterocycles. The van der Waals surface area contributed by atoms with Crippen molar-refractivity contribution >= 4 is 5.78 Å². The second-order valence-corrected chi connectivity index (χ2v) is 3.70. The lowest BCUT2D eigenvalue weighted by molar-refractivity contribution is 0.0966. The molecule has 15 heavy (non-hydrogen) atoms. The van der Waals surface area contributed by atoms with Crippen molar-refractivity contribution in [2.45, 2.75) is 13.3 Å². The zero-order valence-electron chi connectivity index (χ0n) is 9.19. The minimum absolute atomic E-state index is 0.135. The fourth-order valence-electron chi connectivity index (χ4n) is 1.29. The second kappa shape index (κ2) is 5.51. The monoisotopic (exact) mass is 207 g/mol. The Labute approximate surface area is 90.2 Å². The predicted molar refractivity (Wildman–Crippen MR) is 60.2 cm³/mol. The van der Waals surface area contributed by atoms with Gasteiger partial charge < -0.3 is 10.5 Å². The summed E-state index contributed by atoms with van der Waals surface area (Å²) in [4.78, 5) is 11.7. The third kappa shape index (κ3) is 3.36. The smallest absolute Gasteiger partial charge is 0.163 e. The zero-order chi connectivity index (χ0) is 11.3. The molecule has 0 saturated carbocycles. The van der Waals surface area contributed by atoms with Crippen LogP contribution in [0.25, 0.3) is 0 Å². The summed E-state index contributed by atoms with van der Waals surface area (Å²) in [6.07, 6.45) is 0.503. The van der Waals surface area contributed by atoms with Gasteiger partial charge in [0, 0.05) is 12.0 Å². The number of nitrogens with two attached hydrogens (primary N) is 1. The van der Waals surface area contributed by atoms with Crippen LogP contribution in [0.2, 0.25) is 0 Å². The highest BCUT2D eigenvalue weighted by molar-refractivity contribution is 5.96. The van der Waals surface area contributed by atoms with Crippen LogP contribution in [0.5, 0.6) is 5.75 Å². The quantitative estimate of drug-likeness (QED) is 0.750. The number of benzene rings is 1. The molecule has 0 aromatic heterocycles. The highest BCUT2D eigenvalue weighted by Gasteiger charge is 2.09. The summed E-state index contributed by atoms with van der Waals surface area (Å²) in [7, 11) is 1.60. The largest absolute Gasteiger partial charge is 0.497 e. The molecule has 1 aromatic carbocycles. The van der Waals surface area contributed by atoms with Crippen LogP contribution in [-0.4, -0.2) is 19.4 Å². The van der Waals surface area contributed by atoms with Gasteiger partial charge in [0.05, 0.1) is 7.11 Å². The van der Waals surface area contributed by atoms with Gasteiger partial charge in [0.25, 0.3) is 0 Å². The summed E-state index contributed by atoms with van der Waals surface area (Å²) in [5, 5.41) is 0. The minimum atomic E-state index is 0.135. The van der Waals surface area contributed by atoms with Gasteiger partial charge in [0.15, 0.2) is 5.78 Å². The lowest BCUT2D eigenvalue weighted by Gasteiger charge is -2.07. The molecule has 0 fully saturated rings. The first-order valence-electron chi connectivity index (χ1n) is 5.04. The molecule has 0 amide bonds. The minimum Gasteiger partial charge on any atom is -0.497 e. The first-order valence-corrected chi connectivity index (χ1v) is 5.04. The van der Waals surface area contributed by atoms with Gasteiger partial charge in [-0.2, -0.15) is 0 Å². The van der Waals surface area contributed by atoms with Gasteiger partial charge in [0.1, 0.15) is 5.75 Å². The molecule has 0 aliphatic rings. The average Bonchev–Trinajstić information content (AvgIpc) is 2.29. The van der Waals surface area contributed by atoms with Gasteiger partial charge in [-0.3, -0.25) is 4.79 Å². The van der Waals surface area contributed by atoms with Gasteiger partial charge in [-0.05, 0) is 36.7 Å². The van der Waals surface area contributed by atoms with E-state index in [-0.39, 0.29) is 11.7 Å². The van der Waals surface area contributed by atoms with E-state index >= 15 is 0 Å². The number of hydrogen-bond donors (Lipinski definition) is 1. The first kappa shape index (κ1) is 11.7. The summed E-state index contributed by atoms with van der Waals surface area (Å²) in [6.45, 7) is 2.52. The predicted octanol–water partition coefficient (Wildman–Crippen LogP) is 1.86. The molecule has 0 saturated heterocycles. The third-order valence-electron chi connectivity index (χ3n) is 2.35. The Morgan fingerprint density at radius 2 is 2.00 bits per heavy atom. The Morgan fingerprint density at radius 1 is 1.40 bits per heavy atom. The number of rotatable bonds is 5. The van der Waals surface area contributed by atoms with E-state index in [0.717, 1.165) is 11.3 Å². The van der Waals surface area contributed by atoms with Crippen molar-refractivity contribution in [3.63, 3.8) is 0 Å². The standard InChI is InChI=1S/C12H17NO2/c1-9(8-13)7-12(14)10-3-5-11(15-2)6-4-10/h3-6,9H,7-8,13H2,1-2H3. The first-order chi connectivity index (χ1) is 7.17. The molecule has 0 radical (unpaired) electrons. The number of ether oxygens (including phenoxy) is 1. The maximum absolute atomic E-state index is 11.7. The van der Waals surface area contributed by atoms with Gasteiger partial charge in [-0.25, -0.2) is 0 Å². The van der Waals surface area contributed by atoms with Crippen LogP contribution in [0.4, 0.5) is 0 Å². The van der Waals surface area contributed by atoms with Crippen LogP contribution in [0.15, 0.2) is 24.3 Å². The highest BCUT2D eigenvalue weighted by Crippen LogP contribution is 2.14. The van der Waals surface area contributed by atoms with Crippen LogP contribution >= 0.6 is 0 Å². The molecule has 3 heteroatoms. The van der Waals surface area contributed by atoms with Crippen molar-refractivity contribution in [1.29, 1.82) is 0 Å². The van der Waals surface area contributed by atoms with Crippen LogP contribution < -0.4 is 10.5 Å². The van der Waals surface area contributed by atoms with Crippen LogP contribution in [0.3, 0.4) is 0 Å². The Hall–Kier alpha value is -1.35. The molecule has 0 aliphatic heterocycles. The molecule has 1 atom stereocenters.